The molecule has 1 amide bonds. The number of sulfonamides is 1. The van der Waals surface area contributed by atoms with Gasteiger partial charge in [0.1, 0.15) is 28.8 Å². The molecule has 0 heterocycles. The molecule has 3 aromatic carbocycles. The summed E-state index contributed by atoms with van der Waals surface area (Å²) in [4.78, 5) is 12.0. The van der Waals surface area contributed by atoms with Gasteiger partial charge in [0.2, 0.25) is 0 Å². The van der Waals surface area contributed by atoms with E-state index in [1.807, 2.05) is 6.92 Å². The van der Waals surface area contributed by atoms with E-state index in [9.17, 15) is 22.0 Å². The van der Waals surface area contributed by atoms with Gasteiger partial charge in [-0.15, -0.1) is 0 Å². The van der Waals surface area contributed by atoms with E-state index in [2.05, 4.69) is 10.0 Å². The van der Waals surface area contributed by atoms with Gasteiger partial charge in [0, 0.05) is 5.69 Å². The van der Waals surface area contributed by atoms with Crippen LogP contribution in [0.25, 0.3) is 0 Å². The molecule has 10 heteroatoms. The maximum atomic E-state index is 13.6. The van der Waals surface area contributed by atoms with Gasteiger partial charge in [0.15, 0.2) is 6.61 Å². The zero-order valence-electron chi connectivity index (χ0n) is 17.9. The Bertz CT molecular complexity index is 1230. The molecule has 0 aromatic heterocycles. The highest BCUT2D eigenvalue weighted by molar-refractivity contribution is 7.92. The van der Waals surface area contributed by atoms with Crippen molar-refractivity contribution in [3.05, 3.63) is 77.9 Å². The van der Waals surface area contributed by atoms with Crippen LogP contribution in [0.5, 0.6) is 11.5 Å². The van der Waals surface area contributed by atoms with Gasteiger partial charge in [-0.25, -0.2) is 17.2 Å². The fourth-order valence-electron chi connectivity index (χ4n) is 2.89. The lowest BCUT2D eigenvalue weighted by molar-refractivity contribution is -0.118. The van der Waals surface area contributed by atoms with Crippen molar-refractivity contribution in [3.8, 4) is 11.5 Å². The second kappa shape index (κ2) is 10.3. The van der Waals surface area contributed by atoms with Gasteiger partial charge in [-0.1, -0.05) is 6.07 Å². The van der Waals surface area contributed by atoms with Crippen molar-refractivity contribution >= 4 is 27.3 Å². The summed E-state index contributed by atoms with van der Waals surface area (Å²) in [6.07, 6.45) is 0. The molecule has 33 heavy (non-hydrogen) atoms. The molecule has 2 N–H and O–H groups in total. The van der Waals surface area contributed by atoms with Crippen LogP contribution in [0.15, 0.2) is 65.6 Å². The van der Waals surface area contributed by atoms with Crippen molar-refractivity contribution in [1.82, 2.24) is 0 Å². The van der Waals surface area contributed by atoms with Crippen LogP contribution < -0.4 is 19.5 Å². The Balaban J connectivity index is 1.64. The van der Waals surface area contributed by atoms with Crippen molar-refractivity contribution in [2.75, 3.05) is 23.3 Å². The molecule has 0 fully saturated rings. The molecule has 0 bridgehead atoms. The summed E-state index contributed by atoms with van der Waals surface area (Å²) in [7, 11) is -3.87. The predicted octanol–water partition coefficient (Wildman–Crippen LogP) is 4.49. The van der Waals surface area contributed by atoms with Crippen molar-refractivity contribution in [2.24, 2.45) is 0 Å². The summed E-state index contributed by atoms with van der Waals surface area (Å²) in [5.74, 6) is -1.71. The molecule has 174 valence electrons. The number of amides is 1. The van der Waals surface area contributed by atoms with Crippen molar-refractivity contribution in [3.63, 3.8) is 0 Å². The third-order valence-electron chi connectivity index (χ3n) is 4.46. The van der Waals surface area contributed by atoms with Crippen LogP contribution in [0.2, 0.25) is 0 Å². The van der Waals surface area contributed by atoms with Gasteiger partial charge >= 0.3 is 0 Å². The minimum atomic E-state index is -3.87. The zero-order valence-corrected chi connectivity index (χ0v) is 18.7. The number of hydrogen-bond acceptors (Lipinski definition) is 5. The first kappa shape index (κ1) is 24.0. The summed E-state index contributed by atoms with van der Waals surface area (Å²) in [5.41, 5.74) is 0.257. The lowest BCUT2D eigenvalue weighted by Crippen LogP contribution is -2.22. The minimum absolute atomic E-state index is 0.000820. The molecule has 3 rings (SSSR count). The monoisotopic (exact) mass is 476 g/mol. The maximum Gasteiger partial charge on any atom is 0.262 e. The molecule has 0 saturated carbocycles. The number of aryl methyl sites for hydroxylation is 1. The number of carbonyl (C=O) groups is 1. The van der Waals surface area contributed by atoms with E-state index >= 15 is 0 Å². The van der Waals surface area contributed by atoms with Crippen molar-refractivity contribution in [2.45, 2.75) is 18.7 Å². The Morgan fingerprint density at radius 3 is 2.24 bits per heavy atom. The molecule has 0 unspecified atom stereocenters. The van der Waals surface area contributed by atoms with Gasteiger partial charge in [-0.05, 0) is 74.0 Å². The molecule has 0 atom stereocenters. The Hall–Kier alpha value is -3.66. The second-order valence-corrected chi connectivity index (χ2v) is 8.61. The van der Waals surface area contributed by atoms with E-state index in [-0.39, 0.29) is 10.6 Å². The molecule has 3 aromatic rings. The largest absolute Gasteiger partial charge is 0.494 e. The molecule has 0 spiro atoms. The fourth-order valence-corrected chi connectivity index (χ4v) is 4.03. The summed E-state index contributed by atoms with van der Waals surface area (Å²) in [5, 5.41) is 2.11. The number of hydrogen-bond donors (Lipinski definition) is 2. The quantitative estimate of drug-likeness (QED) is 0.475. The highest BCUT2D eigenvalue weighted by atomic mass is 32.2. The topological polar surface area (TPSA) is 93.7 Å². The smallest absolute Gasteiger partial charge is 0.262 e. The summed E-state index contributed by atoms with van der Waals surface area (Å²) < 4.78 is 65.9. The van der Waals surface area contributed by atoms with E-state index in [0.717, 1.165) is 12.1 Å². The molecular formula is C23H22F2N2O5S. The number of anilines is 2. The van der Waals surface area contributed by atoms with Crippen molar-refractivity contribution in [1.29, 1.82) is 0 Å². The van der Waals surface area contributed by atoms with E-state index in [0.29, 0.717) is 23.6 Å². The third kappa shape index (κ3) is 6.19. The van der Waals surface area contributed by atoms with Crippen LogP contribution in [0, 0.1) is 18.6 Å². The minimum Gasteiger partial charge on any atom is -0.494 e. The average Bonchev–Trinajstić information content (AvgIpc) is 2.77. The van der Waals surface area contributed by atoms with Crippen LogP contribution >= 0.6 is 0 Å². The number of ether oxygens (including phenoxy) is 2. The molecule has 7 nitrogen and oxygen atoms in total. The predicted molar refractivity (Wildman–Crippen MR) is 120 cm³/mol. The molecular weight excluding hydrogens is 454 g/mol. The normalized spacial score (nSPS) is 11.0. The molecule has 0 aliphatic heterocycles. The van der Waals surface area contributed by atoms with Crippen LogP contribution in [0.3, 0.4) is 0 Å². The summed E-state index contributed by atoms with van der Waals surface area (Å²) >= 11 is 0. The first-order valence-corrected chi connectivity index (χ1v) is 11.4. The Kier molecular flexibility index (Phi) is 7.49. The van der Waals surface area contributed by atoms with E-state index < -0.39 is 39.9 Å². The highest BCUT2D eigenvalue weighted by Gasteiger charge is 2.17. The van der Waals surface area contributed by atoms with Crippen LogP contribution in [0.1, 0.15) is 12.5 Å². The second-order valence-electron chi connectivity index (χ2n) is 6.92. The maximum absolute atomic E-state index is 13.6. The fraction of sp³-hybridized carbons (Fsp3) is 0.174. The Labute approximate surface area is 190 Å². The van der Waals surface area contributed by atoms with E-state index in [1.54, 1.807) is 31.2 Å². The first-order chi connectivity index (χ1) is 15.7. The number of nitrogens with one attached hydrogen (secondary N) is 2. The highest BCUT2D eigenvalue weighted by Crippen LogP contribution is 2.25. The molecule has 0 radical (unpaired) electrons. The van der Waals surface area contributed by atoms with Crippen LogP contribution in [0.4, 0.5) is 20.2 Å². The molecule has 0 aliphatic rings. The first-order valence-electron chi connectivity index (χ1n) is 9.92. The zero-order chi connectivity index (χ0) is 24.0. The van der Waals surface area contributed by atoms with Gasteiger partial charge in [-0.3, -0.25) is 9.52 Å². The lowest BCUT2D eigenvalue weighted by atomic mass is 10.2. The third-order valence-corrected chi connectivity index (χ3v) is 5.84. The van der Waals surface area contributed by atoms with Crippen LogP contribution in [-0.2, 0) is 14.8 Å². The Morgan fingerprint density at radius 1 is 0.970 bits per heavy atom. The van der Waals surface area contributed by atoms with Gasteiger partial charge in [0.25, 0.3) is 15.9 Å². The van der Waals surface area contributed by atoms with Crippen molar-refractivity contribution < 1.29 is 31.5 Å². The van der Waals surface area contributed by atoms with Gasteiger partial charge in [-0.2, -0.15) is 0 Å². The number of para-hydroxylation sites is 1. The van der Waals surface area contributed by atoms with Gasteiger partial charge in [0.05, 0.1) is 11.5 Å². The summed E-state index contributed by atoms with van der Waals surface area (Å²) in [6, 6.07) is 13.8. The number of carbonyl (C=O) groups excluding carboxylic acids is 1. The lowest BCUT2D eigenvalue weighted by Gasteiger charge is -2.13. The SMILES string of the molecule is CCOc1ccc(NS(=O)(=O)c2ccc(OCC(=O)Nc3c(F)cccc3F)c(C)c2)cc1. The summed E-state index contributed by atoms with van der Waals surface area (Å²) in [6.45, 7) is 3.44. The van der Waals surface area contributed by atoms with E-state index in [1.165, 1.54) is 24.3 Å². The number of benzene rings is 3. The van der Waals surface area contributed by atoms with Crippen LogP contribution in [-0.4, -0.2) is 27.5 Å². The molecule has 0 saturated heterocycles. The average molecular weight is 477 g/mol. The number of rotatable bonds is 9. The standard InChI is InChI=1S/C23H22F2N2O5S/c1-3-31-17-9-7-16(8-10-17)27-33(29,30)18-11-12-21(15(2)13-18)32-14-22(28)26-23-19(24)5-4-6-20(23)25/h4-13,27H,3,14H2,1-2H3,(H,26,28). The molecule has 0 aliphatic carbocycles. The Morgan fingerprint density at radius 2 is 1.64 bits per heavy atom. The van der Waals surface area contributed by atoms with E-state index in [4.69, 9.17) is 9.47 Å². The van der Waals surface area contributed by atoms with Gasteiger partial charge < -0.3 is 14.8 Å². The number of halogens is 2.